The Hall–Kier alpha value is -1.48. The molecule has 45 heavy (non-hydrogen) atoms. The van der Waals surface area contributed by atoms with Crippen LogP contribution in [-0.2, 0) is 38.0 Å². The molecule has 5 unspecified atom stereocenters. The number of unbranched alkanes of at least 4 members (excludes halogenated alkanes) is 14. The van der Waals surface area contributed by atoms with Crippen molar-refractivity contribution in [3.05, 3.63) is 12.2 Å². The third-order valence-electron chi connectivity index (χ3n) is 7.58. The van der Waals surface area contributed by atoms with Crippen molar-refractivity contribution in [2.45, 2.75) is 182 Å². The first kappa shape index (κ1) is 43.5. The molecule has 0 aromatic heterocycles. The highest BCUT2D eigenvalue weighted by Crippen LogP contribution is 2.14. The Bertz CT molecular complexity index is 727. The summed E-state index contributed by atoms with van der Waals surface area (Å²) in [6.07, 6.45) is 19.2. The molecule has 0 aliphatic carbocycles. The van der Waals surface area contributed by atoms with Gasteiger partial charge in [0.2, 0.25) is 0 Å². The van der Waals surface area contributed by atoms with Crippen molar-refractivity contribution in [2.75, 3.05) is 33.0 Å². The molecule has 0 heterocycles. The van der Waals surface area contributed by atoms with Crippen molar-refractivity contribution >= 4 is 11.9 Å². The maximum atomic E-state index is 12.2. The summed E-state index contributed by atoms with van der Waals surface area (Å²) in [5, 5.41) is 0. The lowest BCUT2D eigenvalue weighted by atomic mass is 10.0. The van der Waals surface area contributed by atoms with Gasteiger partial charge in [-0.1, -0.05) is 103 Å². The first-order chi connectivity index (χ1) is 21.5. The summed E-state index contributed by atoms with van der Waals surface area (Å²) < 4.78 is 33.8. The van der Waals surface area contributed by atoms with Crippen LogP contribution in [0.4, 0.5) is 0 Å². The van der Waals surface area contributed by atoms with E-state index in [2.05, 4.69) is 13.5 Å². The van der Waals surface area contributed by atoms with Crippen LogP contribution in [0.1, 0.15) is 151 Å². The van der Waals surface area contributed by atoms with E-state index < -0.39 is 5.97 Å². The summed E-state index contributed by atoms with van der Waals surface area (Å²) in [4.78, 5) is 23.7. The van der Waals surface area contributed by atoms with Crippen LogP contribution in [0.25, 0.3) is 0 Å². The number of ether oxygens (including phenoxy) is 6. The number of hydrogen-bond acceptors (Lipinski definition) is 8. The predicted molar refractivity (Wildman–Crippen MR) is 183 cm³/mol. The van der Waals surface area contributed by atoms with E-state index in [1.807, 2.05) is 34.6 Å². The molecular weight excluding hydrogens is 572 g/mol. The van der Waals surface area contributed by atoms with Gasteiger partial charge in [-0.05, 0) is 48.0 Å². The molecule has 0 rings (SSSR count). The summed E-state index contributed by atoms with van der Waals surface area (Å²) in [7, 11) is 0. The zero-order chi connectivity index (χ0) is 33.7. The van der Waals surface area contributed by atoms with Crippen LogP contribution in [0.5, 0.6) is 0 Å². The Morgan fingerprint density at radius 1 is 0.511 bits per heavy atom. The molecule has 5 atom stereocenters. The van der Waals surface area contributed by atoms with E-state index in [1.54, 1.807) is 6.92 Å². The Balaban J connectivity index is 3.69. The second-order valence-electron chi connectivity index (χ2n) is 13.0. The van der Waals surface area contributed by atoms with E-state index in [0.717, 1.165) is 12.8 Å². The Morgan fingerprint density at radius 3 is 1.22 bits per heavy atom. The molecule has 0 saturated heterocycles. The van der Waals surface area contributed by atoms with Crippen molar-refractivity contribution in [1.29, 1.82) is 0 Å². The van der Waals surface area contributed by atoms with Crippen LogP contribution in [0.15, 0.2) is 12.2 Å². The van der Waals surface area contributed by atoms with Crippen LogP contribution >= 0.6 is 0 Å². The Morgan fingerprint density at radius 2 is 0.844 bits per heavy atom. The summed E-state index contributed by atoms with van der Waals surface area (Å²) in [6.45, 7) is 18.7. The third kappa shape index (κ3) is 29.7. The lowest BCUT2D eigenvalue weighted by Crippen LogP contribution is -2.29. The molecule has 0 saturated carbocycles. The highest BCUT2D eigenvalue weighted by molar-refractivity contribution is 5.86. The Kier molecular flexibility index (Phi) is 28.9. The van der Waals surface area contributed by atoms with Gasteiger partial charge in [0.15, 0.2) is 0 Å². The van der Waals surface area contributed by atoms with Gasteiger partial charge in [0.25, 0.3) is 0 Å². The minimum Gasteiger partial charge on any atom is -0.460 e. The number of rotatable bonds is 32. The molecule has 0 fully saturated rings. The SMILES string of the molecule is C=C(C)C(=O)OCC(C)OCC(C)OCC(C)OCC(C)OCC(C)OC(=O)CCCCCCCCCCCCCCCCC. The molecule has 8 heteroatoms. The maximum absolute atomic E-state index is 12.2. The number of carbonyl (C=O) groups excluding carboxylic acids is 2. The van der Waals surface area contributed by atoms with Gasteiger partial charge in [0, 0.05) is 12.0 Å². The summed E-state index contributed by atoms with van der Waals surface area (Å²) in [5.41, 5.74) is 0.367. The van der Waals surface area contributed by atoms with E-state index in [4.69, 9.17) is 28.4 Å². The second-order valence-corrected chi connectivity index (χ2v) is 13.0. The van der Waals surface area contributed by atoms with E-state index >= 15 is 0 Å². The predicted octanol–water partition coefficient (Wildman–Crippen LogP) is 8.92. The van der Waals surface area contributed by atoms with Gasteiger partial charge < -0.3 is 28.4 Å². The smallest absolute Gasteiger partial charge is 0.333 e. The van der Waals surface area contributed by atoms with Crippen molar-refractivity contribution in [3.63, 3.8) is 0 Å². The topological polar surface area (TPSA) is 89.5 Å². The van der Waals surface area contributed by atoms with Gasteiger partial charge in [-0.25, -0.2) is 4.79 Å². The van der Waals surface area contributed by atoms with Crippen LogP contribution in [-0.4, -0.2) is 75.5 Å². The first-order valence-corrected chi connectivity index (χ1v) is 18.0. The highest BCUT2D eigenvalue weighted by atomic mass is 16.6. The van der Waals surface area contributed by atoms with E-state index in [9.17, 15) is 9.59 Å². The zero-order valence-corrected chi connectivity index (χ0v) is 30.2. The fourth-order valence-electron chi connectivity index (χ4n) is 4.67. The van der Waals surface area contributed by atoms with Gasteiger partial charge >= 0.3 is 11.9 Å². The molecule has 0 aromatic rings. The lowest BCUT2D eigenvalue weighted by Gasteiger charge is -2.22. The fourth-order valence-corrected chi connectivity index (χ4v) is 4.67. The third-order valence-corrected chi connectivity index (χ3v) is 7.58. The molecule has 266 valence electrons. The largest absolute Gasteiger partial charge is 0.460 e. The maximum Gasteiger partial charge on any atom is 0.333 e. The number of hydrogen-bond donors (Lipinski definition) is 0. The van der Waals surface area contributed by atoms with Gasteiger partial charge in [-0.15, -0.1) is 0 Å². The normalized spacial score (nSPS) is 14.8. The molecule has 0 aromatic carbocycles. The Labute approximate surface area is 276 Å². The molecule has 0 N–H and O–H groups in total. The number of esters is 2. The van der Waals surface area contributed by atoms with E-state index in [1.165, 1.54) is 83.5 Å². The standard InChI is InChI=1S/C37H70O8/c1-9-10-11-12-13-14-15-16-17-18-19-20-21-22-23-24-36(38)45-35(8)29-43-33(6)27-41-31(4)25-40-32(5)26-42-34(7)28-44-37(39)30(2)3/h31-35H,2,9-29H2,1,3-8H3. The molecule has 0 amide bonds. The summed E-state index contributed by atoms with van der Waals surface area (Å²) in [6, 6.07) is 0. The average Bonchev–Trinajstić information content (AvgIpc) is 3.01. The van der Waals surface area contributed by atoms with Crippen molar-refractivity contribution in [1.82, 2.24) is 0 Å². The quantitative estimate of drug-likeness (QED) is 0.0408. The molecular formula is C37H70O8. The average molecular weight is 643 g/mol. The van der Waals surface area contributed by atoms with Gasteiger partial charge in [0.05, 0.1) is 50.8 Å². The zero-order valence-electron chi connectivity index (χ0n) is 30.2. The van der Waals surface area contributed by atoms with Crippen LogP contribution in [0, 0.1) is 0 Å². The van der Waals surface area contributed by atoms with Crippen LogP contribution < -0.4 is 0 Å². The van der Waals surface area contributed by atoms with Gasteiger partial charge in [0.1, 0.15) is 12.7 Å². The van der Waals surface area contributed by atoms with E-state index in [0.29, 0.717) is 38.4 Å². The second kappa shape index (κ2) is 29.9. The van der Waals surface area contributed by atoms with Crippen molar-refractivity contribution in [2.24, 2.45) is 0 Å². The minimum absolute atomic E-state index is 0.113. The van der Waals surface area contributed by atoms with Crippen LogP contribution in [0.3, 0.4) is 0 Å². The molecule has 0 aliphatic rings. The van der Waals surface area contributed by atoms with Gasteiger partial charge in [-0.2, -0.15) is 0 Å². The number of carbonyl (C=O) groups is 2. The minimum atomic E-state index is -0.417. The highest BCUT2D eigenvalue weighted by Gasteiger charge is 2.15. The molecule has 0 aliphatic heterocycles. The fraction of sp³-hybridized carbons (Fsp3) is 0.892. The van der Waals surface area contributed by atoms with Crippen molar-refractivity contribution < 1.29 is 38.0 Å². The van der Waals surface area contributed by atoms with Gasteiger partial charge in [-0.3, -0.25) is 4.79 Å². The summed E-state index contributed by atoms with van der Waals surface area (Å²) in [5.74, 6) is -0.559. The van der Waals surface area contributed by atoms with Crippen LogP contribution in [0.2, 0.25) is 0 Å². The molecule has 0 spiro atoms. The molecule has 0 bridgehead atoms. The monoisotopic (exact) mass is 643 g/mol. The first-order valence-electron chi connectivity index (χ1n) is 18.0. The van der Waals surface area contributed by atoms with Crippen molar-refractivity contribution in [3.8, 4) is 0 Å². The molecule has 8 nitrogen and oxygen atoms in total. The lowest BCUT2D eigenvalue weighted by molar-refractivity contribution is -0.153. The summed E-state index contributed by atoms with van der Waals surface area (Å²) >= 11 is 0. The molecule has 0 radical (unpaired) electrons. The van der Waals surface area contributed by atoms with E-state index in [-0.39, 0.29) is 43.1 Å².